The Morgan fingerprint density at radius 3 is 1.00 bits per heavy atom. The second-order valence-electron chi connectivity index (χ2n) is 0.346. The Bertz CT molecular complexity index is 24.0. The van der Waals surface area contributed by atoms with Crippen LogP contribution >= 0.6 is 0 Å². The van der Waals surface area contributed by atoms with Crippen LogP contribution in [0, 0.1) is 35.6 Å². The van der Waals surface area contributed by atoms with Gasteiger partial charge in [-0.05, 0) is 0 Å². The fourth-order valence-electron chi connectivity index (χ4n) is 0. The SMILES string of the molecule is OB(O)O.[AlH3].[Cr].[La].[Sc]. The van der Waals surface area contributed by atoms with Crippen LogP contribution in [0.1, 0.15) is 0 Å². The van der Waals surface area contributed by atoms with Gasteiger partial charge in [0.15, 0.2) is 17.4 Å². The third-order valence-electron chi connectivity index (χ3n) is 0. The Labute approximate surface area is 116 Å². The van der Waals surface area contributed by atoms with Crippen molar-refractivity contribution in [2.45, 2.75) is 0 Å². The standard InChI is InChI=1S/Al.BH3O3.Cr.La.Sc.3H/c;2-1(3)4;;;;;;/h;2-4H;;;;;;. The van der Waals surface area contributed by atoms with E-state index in [0.717, 1.165) is 0 Å². The van der Waals surface area contributed by atoms with E-state index in [2.05, 4.69) is 0 Å². The van der Waals surface area contributed by atoms with Gasteiger partial charge in [0, 0.05) is 78.8 Å². The fourth-order valence-corrected chi connectivity index (χ4v) is 0. The molecule has 3 N–H and O–H groups in total. The Balaban J connectivity index is -0.00000000750. The minimum absolute atomic E-state index is 0. The summed E-state index contributed by atoms with van der Waals surface area (Å²) in [5.74, 6) is 0. The van der Waals surface area contributed by atoms with Gasteiger partial charge in [-0.1, -0.05) is 0 Å². The number of rotatable bonds is 0. The van der Waals surface area contributed by atoms with Crippen LogP contribution in [0.5, 0.6) is 0 Å². The predicted octanol–water partition coefficient (Wildman–Crippen LogP) is -3.24. The predicted molar refractivity (Wildman–Crippen MR) is 22.3 cm³/mol. The van der Waals surface area contributed by atoms with Crippen LogP contribution in [0.4, 0.5) is 0 Å². The fraction of sp³-hybridized carbons (Fsp3) is 0. The minimum Gasteiger partial charge on any atom is -0.402 e. The molecule has 0 aromatic heterocycles. The zero-order valence-corrected chi connectivity index (χ0v) is 10.2. The van der Waals surface area contributed by atoms with Crippen LogP contribution in [0.2, 0.25) is 0 Å². The maximum Gasteiger partial charge on any atom is 0.631 e. The van der Waals surface area contributed by atoms with Crippen molar-refractivity contribution in [1.82, 2.24) is 0 Å². The number of hydrogen-bond acceptors (Lipinski definition) is 3. The summed E-state index contributed by atoms with van der Waals surface area (Å²) in [5, 5.41) is 21.5. The smallest absolute Gasteiger partial charge is 0.402 e. The molecular weight excluding hydrogens is 322 g/mol. The average Bonchev–Trinajstić information content (AvgIpc) is 0.811. The first-order valence-corrected chi connectivity index (χ1v) is 0.775. The van der Waals surface area contributed by atoms with E-state index in [1.165, 1.54) is 0 Å². The van der Waals surface area contributed by atoms with Gasteiger partial charge in [-0.3, -0.25) is 0 Å². The van der Waals surface area contributed by atoms with Crippen molar-refractivity contribution in [3.8, 4) is 0 Å². The van der Waals surface area contributed by atoms with E-state index in [-0.39, 0.29) is 96.2 Å². The maximum absolute atomic E-state index is 7.17. The molecule has 0 fully saturated rings. The summed E-state index contributed by atoms with van der Waals surface area (Å²) in [6.45, 7) is 0. The van der Waals surface area contributed by atoms with Crippen LogP contribution in [0.25, 0.3) is 0 Å². The Hall–Kier alpha value is 3.07. The quantitative estimate of drug-likeness (QED) is 0.410. The van der Waals surface area contributed by atoms with Crippen molar-refractivity contribution in [2.75, 3.05) is 0 Å². The molecule has 0 spiro atoms. The molecule has 0 aliphatic heterocycles. The summed E-state index contributed by atoms with van der Waals surface area (Å²) >= 11 is 0. The van der Waals surface area contributed by atoms with E-state index in [9.17, 15) is 0 Å². The summed E-state index contributed by atoms with van der Waals surface area (Å²) < 4.78 is 0. The van der Waals surface area contributed by atoms with Crippen molar-refractivity contribution < 1.29 is 93.9 Å². The largest absolute Gasteiger partial charge is 0.631 e. The molecule has 0 aliphatic rings. The van der Waals surface area contributed by atoms with Gasteiger partial charge in [-0.2, -0.15) is 0 Å². The first-order chi connectivity index (χ1) is 1.73. The summed E-state index contributed by atoms with van der Waals surface area (Å²) in [6, 6.07) is 0. The zero-order valence-electron chi connectivity index (χ0n) is 3.48. The molecule has 0 saturated heterocycles. The summed E-state index contributed by atoms with van der Waals surface area (Å²) in [4.78, 5) is 0. The van der Waals surface area contributed by atoms with Gasteiger partial charge in [-0.25, -0.2) is 0 Å². The first kappa shape index (κ1) is 30.5. The molecular formula is H6AlBCrLaO3Sc. The van der Waals surface area contributed by atoms with Crippen molar-refractivity contribution in [3.63, 3.8) is 0 Å². The van der Waals surface area contributed by atoms with Crippen LogP contribution in [-0.2, 0) is 43.2 Å². The van der Waals surface area contributed by atoms with E-state index in [0.29, 0.717) is 0 Å². The zero-order chi connectivity index (χ0) is 3.58. The van der Waals surface area contributed by atoms with Crippen LogP contribution in [0.15, 0.2) is 0 Å². The average molecular weight is 328 g/mol. The van der Waals surface area contributed by atoms with Crippen LogP contribution < -0.4 is 0 Å². The van der Waals surface area contributed by atoms with Crippen LogP contribution in [0.3, 0.4) is 0 Å². The monoisotopic (exact) mass is 328 g/mol. The molecule has 0 bridgehead atoms. The maximum atomic E-state index is 7.17. The van der Waals surface area contributed by atoms with E-state index < -0.39 is 7.32 Å². The van der Waals surface area contributed by atoms with Crippen molar-refractivity contribution in [3.05, 3.63) is 0 Å². The molecule has 2 radical (unpaired) electrons. The van der Waals surface area contributed by atoms with Gasteiger partial charge in [-0.15, -0.1) is 0 Å². The molecule has 0 rings (SSSR count). The second kappa shape index (κ2) is 22.5. The number of hydrogen-bond donors (Lipinski definition) is 3. The second-order valence-corrected chi connectivity index (χ2v) is 0.346. The third kappa shape index (κ3) is 62.6. The minimum atomic E-state index is -2.17. The molecule has 0 saturated carbocycles. The van der Waals surface area contributed by atoms with Crippen LogP contribution in [-0.4, -0.2) is 39.8 Å². The molecule has 8 heteroatoms. The topological polar surface area (TPSA) is 60.7 Å². The normalized spacial score (nSPS) is 3.38. The van der Waals surface area contributed by atoms with Crippen molar-refractivity contribution >= 4 is 24.7 Å². The molecule has 0 heterocycles. The molecule has 42 valence electrons. The van der Waals surface area contributed by atoms with Crippen molar-refractivity contribution in [1.29, 1.82) is 0 Å². The van der Waals surface area contributed by atoms with E-state index in [1.54, 1.807) is 0 Å². The molecule has 8 heavy (non-hydrogen) atoms. The molecule has 0 aliphatic carbocycles. The Kier molecular flexibility index (Phi) is 85.6. The van der Waals surface area contributed by atoms with E-state index in [1.807, 2.05) is 0 Å². The Morgan fingerprint density at radius 1 is 1.00 bits per heavy atom. The summed E-state index contributed by atoms with van der Waals surface area (Å²) in [7, 11) is -2.17. The summed E-state index contributed by atoms with van der Waals surface area (Å²) in [6.07, 6.45) is 0. The van der Waals surface area contributed by atoms with Gasteiger partial charge in [0.05, 0.1) is 0 Å². The molecule has 3 nitrogen and oxygen atoms in total. The summed E-state index contributed by atoms with van der Waals surface area (Å²) in [5.41, 5.74) is 0. The van der Waals surface area contributed by atoms with E-state index >= 15 is 0 Å². The molecule has 0 aromatic carbocycles. The van der Waals surface area contributed by atoms with Gasteiger partial charge in [0.25, 0.3) is 0 Å². The first-order valence-electron chi connectivity index (χ1n) is 0.775. The Morgan fingerprint density at radius 2 is 1.00 bits per heavy atom. The molecule has 0 aromatic rings. The van der Waals surface area contributed by atoms with Crippen molar-refractivity contribution in [2.24, 2.45) is 0 Å². The van der Waals surface area contributed by atoms with Gasteiger partial charge >= 0.3 is 7.32 Å². The third-order valence-corrected chi connectivity index (χ3v) is 0. The molecule has 0 atom stereocenters. The molecule has 0 amide bonds. The van der Waals surface area contributed by atoms with Gasteiger partial charge < -0.3 is 15.1 Å². The van der Waals surface area contributed by atoms with Gasteiger partial charge in [0.2, 0.25) is 0 Å². The van der Waals surface area contributed by atoms with E-state index in [4.69, 9.17) is 15.1 Å². The van der Waals surface area contributed by atoms with Gasteiger partial charge in [0.1, 0.15) is 0 Å². The molecule has 0 unspecified atom stereocenters.